The Morgan fingerprint density at radius 1 is 1.19 bits per heavy atom. The van der Waals surface area contributed by atoms with Gasteiger partial charge < -0.3 is 16.4 Å². The molecule has 5 N–H and O–H groups in total. The van der Waals surface area contributed by atoms with Gasteiger partial charge in [0.15, 0.2) is 0 Å². The fraction of sp³-hybridized carbons (Fsp3) is 0.364. The van der Waals surface area contributed by atoms with E-state index in [0.29, 0.717) is 0 Å². The average Bonchev–Trinajstić information content (AvgIpc) is 2.58. The van der Waals surface area contributed by atoms with Crippen molar-refractivity contribution in [3.63, 3.8) is 0 Å². The molecule has 0 fully saturated rings. The predicted octanol–water partition coefficient (Wildman–Crippen LogP) is 3.91. The molecular weight excluding hydrogens is 334 g/mol. The first-order valence-corrected chi connectivity index (χ1v) is 9.33. The molecule has 5 heteroatoms. The van der Waals surface area contributed by atoms with Crippen LogP contribution in [0, 0.1) is 6.92 Å². The lowest BCUT2D eigenvalue weighted by Crippen LogP contribution is -2.22. The minimum absolute atomic E-state index is 0.743. The highest BCUT2D eigenvalue weighted by Gasteiger charge is 2.06. The Morgan fingerprint density at radius 2 is 1.89 bits per heavy atom. The van der Waals surface area contributed by atoms with Crippen molar-refractivity contribution in [1.82, 2.24) is 20.4 Å². The van der Waals surface area contributed by atoms with Crippen molar-refractivity contribution in [2.45, 2.75) is 47.7 Å². The van der Waals surface area contributed by atoms with Crippen LogP contribution in [0.3, 0.4) is 0 Å². The maximum absolute atomic E-state index is 6.18. The number of nitrogens with zero attached hydrogens (tertiary/aromatic N) is 1. The summed E-state index contributed by atoms with van der Waals surface area (Å²) in [5, 5.41) is 10.1. The fourth-order valence-corrected chi connectivity index (χ4v) is 2.81. The van der Waals surface area contributed by atoms with Crippen LogP contribution in [-0.2, 0) is 13.1 Å². The Bertz CT molecular complexity index is 841. The van der Waals surface area contributed by atoms with Gasteiger partial charge in [0, 0.05) is 18.9 Å². The number of rotatable bonds is 8. The van der Waals surface area contributed by atoms with E-state index in [2.05, 4.69) is 77.7 Å². The average molecular weight is 368 g/mol. The highest BCUT2D eigenvalue weighted by molar-refractivity contribution is 5.37. The zero-order valence-electron chi connectivity index (χ0n) is 17.4. The molecular formula is C22H33N5. The molecule has 0 radical (unpaired) electrons. The molecule has 146 valence electrons. The van der Waals surface area contributed by atoms with Crippen molar-refractivity contribution in [2.75, 3.05) is 7.05 Å². The third-order valence-corrected chi connectivity index (χ3v) is 4.43. The number of aromatic amines is 1. The van der Waals surface area contributed by atoms with Gasteiger partial charge in [-0.25, -0.2) is 0 Å². The van der Waals surface area contributed by atoms with Crippen LogP contribution in [0.5, 0.6) is 0 Å². The topological polar surface area (TPSA) is 70.8 Å². The molecule has 1 aromatic carbocycles. The molecule has 2 rings (SSSR count). The molecule has 0 spiro atoms. The summed E-state index contributed by atoms with van der Waals surface area (Å²) in [4.78, 5) is 0. The highest BCUT2D eigenvalue weighted by Crippen LogP contribution is 2.12. The summed E-state index contributed by atoms with van der Waals surface area (Å²) >= 11 is 0. The van der Waals surface area contributed by atoms with E-state index in [4.69, 9.17) is 5.73 Å². The van der Waals surface area contributed by atoms with Gasteiger partial charge in [-0.2, -0.15) is 0 Å². The molecule has 1 heterocycles. The summed E-state index contributed by atoms with van der Waals surface area (Å²) in [5.41, 5.74) is 15.0. The van der Waals surface area contributed by atoms with Crippen molar-refractivity contribution in [2.24, 2.45) is 5.73 Å². The summed E-state index contributed by atoms with van der Waals surface area (Å²) in [6.07, 6.45) is 4.21. The number of hydrogen-bond donors (Lipinski definition) is 4. The first-order valence-electron chi connectivity index (χ1n) is 9.33. The normalized spacial score (nSPS) is 11.3. The molecule has 27 heavy (non-hydrogen) atoms. The van der Waals surface area contributed by atoms with Crippen molar-refractivity contribution >= 4 is 0 Å². The predicted molar refractivity (Wildman–Crippen MR) is 114 cm³/mol. The second-order valence-corrected chi connectivity index (χ2v) is 7.37. The summed E-state index contributed by atoms with van der Waals surface area (Å²) in [6, 6.07) is 8.58. The minimum Gasteiger partial charge on any atom is -0.397 e. The number of allylic oxidation sites excluding steroid dienone is 3. The zero-order chi connectivity index (χ0) is 20.0. The van der Waals surface area contributed by atoms with Gasteiger partial charge >= 0.3 is 0 Å². The van der Waals surface area contributed by atoms with Gasteiger partial charge in [0.25, 0.3) is 0 Å². The van der Waals surface area contributed by atoms with Crippen LogP contribution in [0.2, 0.25) is 0 Å². The Hall–Kier alpha value is -2.82. The molecule has 5 nitrogen and oxygen atoms in total. The van der Waals surface area contributed by atoms with Crippen LogP contribution in [-0.4, -0.2) is 16.8 Å². The molecule has 0 aliphatic rings. The maximum Gasteiger partial charge on any atom is 0.0685 e. The molecule has 0 aliphatic carbocycles. The maximum atomic E-state index is 6.18. The summed E-state index contributed by atoms with van der Waals surface area (Å²) in [5.74, 6) is 0. The van der Waals surface area contributed by atoms with Gasteiger partial charge in [-0.05, 0) is 46.3 Å². The molecule has 0 atom stereocenters. The van der Waals surface area contributed by atoms with Crippen LogP contribution in [0.1, 0.15) is 44.5 Å². The lowest BCUT2D eigenvalue weighted by atomic mass is 10.1. The molecule has 1 aromatic heterocycles. The van der Waals surface area contributed by atoms with E-state index in [1.165, 1.54) is 16.7 Å². The molecule has 0 amide bonds. The standard InChI is InChI=1S/C22H33N5/c1-15(2)20(11-21(24-6)22(23)16(3)4)25-12-19-14-27(26-19)13-18-9-7-8-17(5)10-18/h7-11,14,24-26H,12-13,23H2,1-6H3/b21-11+. The van der Waals surface area contributed by atoms with Gasteiger partial charge in [0.1, 0.15) is 0 Å². The van der Waals surface area contributed by atoms with Gasteiger partial charge in [-0.1, -0.05) is 41.0 Å². The van der Waals surface area contributed by atoms with E-state index in [1.807, 2.05) is 20.9 Å². The van der Waals surface area contributed by atoms with Crippen LogP contribution in [0.15, 0.2) is 64.8 Å². The van der Waals surface area contributed by atoms with Gasteiger partial charge in [-0.3, -0.25) is 9.78 Å². The van der Waals surface area contributed by atoms with Crippen molar-refractivity contribution in [3.8, 4) is 0 Å². The van der Waals surface area contributed by atoms with Crippen LogP contribution in [0.25, 0.3) is 0 Å². The second kappa shape index (κ2) is 9.21. The highest BCUT2D eigenvalue weighted by atomic mass is 15.3. The number of nitrogens with two attached hydrogens (primary N) is 1. The number of likely N-dealkylation sites (N-methyl/N-ethyl adjacent to an activating group) is 1. The molecule has 0 saturated heterocycles. The second-order valence-electron chi connectivity index (χ2n) is 7.37. The third-order valence-electron chi connectivity index (χ3n) is 4.43. The van der Waals surface area contributed by atoms with Crippen LogP contribution >= 0.6 is 0 Å². The Balaban J connectivity index is 2.00. The Kier molecular flexibility index (Phi) is 6.99. The molecule has 2 aromatic rings. The first-order chi connectivity index (χ1) is 12.8. The first kappa shape index (κ1) is 20.5. The summed E-state index contributed by atoms with van der Waals surface area (Å²) < 4.78 is 2.10. The Labute approximate surface area is 163 Å². The van der Waals surface area contributed by atoms with Crippen LogP contribution in [0.4, 0.5) is 0 Å². The number of benzene rings is 1. The van der Waals surface area contributed by atoms with E-state index in [-0.39, 0.29) is 0 Å². The van der Waals surface area contributed by atoms with Crippen molar-refractivity contribution in [1.29, 1.82) is 0 Å². The number of H-pyrrole nitrogens is 1. The SMILES string of the molecule is CN/C(=C/C(NCc1cn(Cc2cccc(C)c2)[nH]1)=C(C)C)C(N)=C(C)C. The molecule has 0 aliphatic heterocycles. The van der Waals surface area contributed by atoms with E-state index in [0.717, 1.165) is 41.4 Å². The smallest absolute Gasteiger partial charge is 0.0685 e. The Morgan fingerprint density at radius 3 is 2.44 bits per heavy atom. The quantitative estimate of drug-likeness (QED) is 0.535. The summed E-state index contributed by atoms with van der Waals surface area (Å²) in [7, 11) is 1.89. The fourth-order valence-electron chi connectivity index (χ4n) is 2.81. The van der Waals surface area contributed by atoms with Crippen molar-refractivity contribution in [3.05, 3.63) is 81.6 Å². The lowest BCUT2D eigenvalue weighted by Gasteiger charge is -2.19. The third kappa shape index (κ3) is 5.84. The van der Waals surface area contributed by atoms with Crippen molar-refractivity contribution < 1.29 is 0 Å². The van der Waals surface area contributed by atoms with E-state index in [9.17, 15) is 0 Å². The monoisotopic (exact) mass is 367 g/mol. The van der Waals surface area contributed by atoms with Crippen LogP contribution < -0.4 is 16.4 Å². The number of aryl methyl sites for hydroxylation is 1. The van der Waals surface area contributed by atoms with E-state index >= 15 is 0 Å². The lowest BCUT2D eigenvalue weighted by molar-refractivity contribution is 0.573. The van der Waals surface area contributed by atoms with E-state index in [1.54, 1.807) is 0 Å². The number of nitrogens with one attached hydrogen (secondary N) is 3. The summed E-state index contributed by atoms with van der Waals surface area (Å²) in [6.45, 7) is 11.9. The molecule has 0 bridgehead atoms. The van der Waals surface area contributed by atoms with Gasteiger partial charge in [0.2, 0.25) is 0 Å². The zero-order valence-corrected chi connectivity index (χ0v) is 17.4. The van der Waals surface area contributed by atoms with E-state index < -0.39 is 0 Å². The number of hydrogen-bond acceptors (Lipinski definition) is 3. The largest absolute Gasteiger partial charge is 0.397 e. The molecule has 0 saturated carbocycles. The van der Waals surface area contributed by atoms with Gasteiger partial charge in [0.05, 0.1) is 30.2 Å². The minimum atomic E-state index is 0.743. The number of aromatic nitrogens is 2. The molecule has 0 unspecified atom stereocenters. The van der Waals surface area contributed by atoms with Gasteiger partial charge in [-0.15, -0.1) is 0 Å².